The lowest BCUT2D eigenvalue weighted by Gasteiger charge is -2.75. The molecule has 24 nitrogen and oxygen atoms in total. The zero-order chi connectivity index (χ0) is 59.1. The Morgan fingerprint density at radius 2 is 1.17 bits per heavy atom. The number of hydrogen-bond donors (Lipinski definition) is 13. The van der Waals surface area contributed by atoms with Gasteiger partial charge in [-0.25, -0.2) is 0 Å². The lowest BCUT2D eigenvalue weighted by atomic mass is 9.30. The zero-order valence-electron chi connectivity index (χ0n) is 48.2. The van der Waals surface area contributed by atoms with Gasteiger partial charge in [0.2, 0.25) is 0 Å². The molecule has 5 aliphatic heterocycles. The number of hydrogen-bond acceptors (Lipinski definition) is 24. The molecule has 0 aromatic carbocycles. The Kier molecular flexibility index (Phi) is 17.3. The van der Waals surface area contributed by atoms with Crippen molar-refractivity contribution in [3.63, 3.8) is 0 Å². The van der Waals surface area contributed by atoms with Crippen molar-refractivity contribution in [3.8, 4) is 0 Å². The van der Waals surface area contributed by atoms with Crippen molar-refractivity contribution in [2.24, 2.45) is 56.2 Å². The maximum Gasteiger partial charge on any atom is 0.306 e. The molecule has 81 heavy (non-hydrogen) atoms. The topological polar surface area (TPSA) is 372 Å². The van der Waals surface area contributed by atoms with Crippen molar-refractivity contribution in [1.82, 2.24) is 0 Å². The van der Waals surface area contributed by atoms with Crippen molar-refractivity contribution in [3.05, 3.63) is 0 Å². The molecule has 30 unspecified atom stereocenters. The molecule has 0 aromatic heterocycles. The number of ether oxygens (including phenoxy) is 10. The van der Waals surface area contributed by atoms with Crippen LogP contribution in [-0.4, -0.2) is 240 Å². The average Bonchev–Trinajstić information content (AvgIpc) is 2.02. The van der Waals surface area contributed by atoms with Gasteiger partial charge < -0.3 is 114 Å². The zero-order valence-corrected chi connectivity index (χ0v) is 48.2. The summed E-state index contributed by atoms with van der Waals surface area (Å²) in [5.41, 5.74) is -4.14. The quantitative estimate of drug-likeness (QED) is 0.0762. The van der Waals surface area contributed by atoms with Gasteiger partial charge in [0.1, 0.15) is 91.6 Å². The molecule has 5 saturated heterocycles. The van der Waals surface area contributed by atoms with Crippen LogP contribution >= 0.6 is 0 Å². The van der Waals surface area contributed by atoms with Gasteiger partial charge in [-0.05, 0) is 97.2 Å². The van der Waals surface area contributed by atoms with Gasteiger partial charge in [-0.15, -0.1) is 0 Å². The van der Waals surface area contributed by atoms with Gasteiger partial charge in [0.05, 0.1) is 49.7 Å². The van der Waals surface area contributed by atoms with Crippen LogP contribution in [0.2, 0.25) is 0 Å². The summed E-state index contributed by atoms with van der Waals surface area (Å²) in [6.45, 7) is 17.1. The van der Waals surface area contributed by atoms with Gasteiger partial charge >= 0.3 is 5.97 Å². The molecule has 30 atom stereocenters. The van der Waals surface area contributed by atoms with E-state index in [9.17, 15) is 71.2 Å². The fourth-order valence-electron chi connectivity index (χ4n) is 18.4. The van der Waals surface area contributed by atoms with E-state index in [2.05, 4.69) is 48.5 Å². The van der Waals surface area contributed by atoms with Crippen LogP contribution in [0.4, 0.5) is 0 Å². The summed E-state index contributed by atoms with van der Waals surface area (Å²) in [5.74, 6) is -0.376. The van der Waals surface area contributed by atoms with Gasteiger partial charge in [-0.1, -0.05) is 62.3 Å². The molecule has 1 spiro atoms. The first-order valence-electron chi connectivity index (χ1n) is 29.6. The van der Waals surface area contributed by atoms with Crippen molar-refractivity contribution in [2.45, 2.75) is 267 Å². The number of carbonyl (C=O) groups excluding carboxylic acids is 1. The normalized spacial score (nSPS) is 54.8. The van der Waals surface area contributed by atoms with Crippen molar-refractivity contribution >= 4 is 5.97 Å². The van der Waals surface area contributed by atoms with Crippen LogP contribution in [0.1, 0.15) is 127 Å². The molecular formula is C57H94O24. The van der Waals surface area contributed by atoms with E-state index in [0.29, 0.717) is 38.5 Å². The molecule has 10 rings (SSSR count). The van der Waals surface area contributed by atoms with Crippen LogP contribution in [0.15, 0.2) is 0 Å². The van der Waals surface area contributed by atoms with Crippen LogP contribution in [-0.2, 0) is 52.2 Å². The summed E-state index contributed by atoms with van der Waals surface area (Å²) < 4.78 is 62.3. The Hall–Kier alpha value is -1.41. The molecule has 10 aliphatic rings. The largest absolute Gasteiger partial charge is 0.461 e. The molecule has 13 N–H and O–H groups in total. The molecule has 5 heterocycles. The number of fused-ring (bicyclic) bond motifs is 4. The van der Waals surface area contributed by atoms with E-state index in [1.807, 2.05) is 13.8 Å². The Labute approximate surface area is 473 Å². The second kappa shape index (κ2) is 22.3. The highest BCUT2D eigenvalue weighted by molar-refractivity contribution is 5.70. The van der Waals surface area contributed by atoms with Crippen LogP contribution in [0.3, 0.4) is 0 Å². The van der Waals surface area contributed by atoms with E-state index in [1.165, 1.54) is 0 Å². The Bertz CT molecular complexity index is 2220. The van der Waals surface area contributed by atoms with Gasteiger partial charge in [-0.3, -0.25) is 4.79 Å². The first kappa shape index (κ1) is 62.6. The number of esters is 1. The van der Waals surface area contributed by atoms with Gasteiger partial charge in [0.25, 0.3) is 0 Å². The van der Waals surface area contributed by atoms with Crippen LogP contribution < -0.4 is 0 Å². The maximum atomic E-state index is 13.4. The number of aliphatic hydroxyl groups excluding tert-OH is 13. The summed E-state index contributed by atoms with van der Waals surface area (Å²) in [7, 11) is 0. The van der Waals surface area contributed by atoms with Crippen LogP contribution in [0.25, 0.3) is 0 Å². The van der Waals surface area contributed by atoms with Crippen molar-refractivity contribution in [2.75, 3.05) is 26.4 Å². The van der Waals surface area contributed by atoms with Crippen molar-refractivity contribution < 1.29 is 119 Å². The Balaban J connectivity index is 0.904. The molecule has 0 amide bonds. The predicted octanol–water partition coefficient (Wildman–Crippen LogP) is -1.19. The third-order valence-corrected chi connectivity index (χ3v) is 22.7. The minimum atomic E-state index is -1.91. The van der Waals surface area contributed by atoms with Crippen LogP contribution in [0, 0.1) is 56.2 Å². The van der Waals surface area contributed by atoms with Gasteiger partial charge in [0.15, 0.2) is 31.5 Å². The van der Waals surface area contributed by atoms with Crippen LogP contribution in [0.5, 0.6) is 0 Å². The minimum absolute atomic E-state index is 0.0487. The fraction of sp³-hybridized carbons (Fsp3) is 0.982. The second-order valence-electron chi connectivity index (χ2n) is 28.4. The van der Waals surface area contributed by atoms with E-state index in [-0.39, 0.29) is 52.3 Å². The molecule has 0 aromatic rings. The molecule has 5 aliphatic carbocycles. The molecular weight excluding hydrogens is 1070 g/mol. The van der Waals surface area contributed by atoms with E-state index < -0.39 is 183 Å². The summed E-state index contributed by atoms with van der Waals surface area (Å²) in [4.78, 5) is 13.4. The highest BCUT2D eigenvalue weighted by Crippen LogP contribution is 2.81. The third-order valence-electron chi connectivity index (χ3n) is 22.7. The SMILES string of the molecule is CC(C)CC(=O)OC1CC(C)(C)CC2C13C(O)CC1(C)C4(C)CCC5C(C)(C)C(OC6OCC(OC7OC(CO)C(O)C(O)C7OC7OCC(O)C(O)C7O)C(O)C6OC6OC(CO)C(O)C(O)C6O)CCC5(C)C4CCC21OC3O. The van der Waals surface area contributed by atoms with E-state index in [4.69, 9.17) is 47.4 Å². The number of carbonyl (C=O) groups is 1. The highest BCUT2D eigenvalue weighted by atomic mass is 16.8. The van der Waals surface area contributed by atoms with E-state index in [1.54, 1.807) is 0 Å². The third kappa shape index (κ3) is 9.83. The average molecular weight is 1160 g/mol. The first-order valence-corrected chi connectivity index (χ1v) is 29.6. The Morgan fingerprint density at radius 1 is 0.568 bits per heavy atom. The molecule has 0 radical (unpaired) electrons. The summed E-state index contributed by atoms with van der Waals surface area (Å²) in [6.07, 6.45) is -28.0. The van der Waals surface area contributed by atoms with Crippen molar-refractivity contribution in [1.29, 1.82) is 0 Å². The lowest BCUT2D eigenvalue weighted by Crippen LogP contribution is -2.75. The molecule has 24 heteroatoms. The van der Waals surface area contributed by atoms with Gasteiger partial charge in [0, 0.05) is 17.8 Å². The first-order chi connectivity index (χ1) is 37.9. The molecule has 10 fully saturated rings. The van der Waals surface area contributed by atoms with Gasteiger partial charge in [-0.2, -0.15) is 0 Å². The molecule has 2 bridgehead atoms. The highest BCUT2D eigenvalue weighted by Gasteiger charge is 2.84. The summed E-state index contributed by atoms with van der Waals surface area (Å²) in [6, 6.07) is 0. The number of aliphatic hydroxyl groups is 13. The molecule has 466 valence electrons. The second-order valence-corrected chi connectivity index (χ2v) is 28.4. The predicted molar refractivity (Wildman–Crippen MR) is 276 cm³/mol. The fourth-order valence-corrected chi connectivity index (χ4v) is 18.4. The Morgan fingerprint density at radius 3 is 1.84 bits per heavy atom. The summed E-state index contributed by atoms with van der Waals surface area (Å²) in [5, 5.41) is 144. The maximum absolute atomic E-state index is 13.4. The standard InChI is InChI=1S/C57H94O24/c1-24(2)16-35(62)77-34-19-51(3,4)17-31-56-15-11-30-53(7)13-12-33(52(5,6)29(53)10-14-54(30,8)55(56,9)18-32(61)57(31,34)50(71)81-56)78-48-44(80-47-43(70)40(67)37(64)26(20-58)74-47)39(66)28(23-73-48)76-49-45(41(68)38(65)27(21-59)75-49)79-46-42(69)36(63)25(60)22-72-46/h24-34,36-50,58-61,63-71H,10-23H2,1-9H3. The lowest BCUT2D eigenvalue weighted by molar-refractivity contribution is -0.392. The van der Waals surface area contributed by atoms with E-state index in [0.717, 1.165) is 19.3 Å². The van der Waals surface area contributed by atoms with E-state index >= 15 is 0 Å². The summed E-state index contributed by atoms with van der Waals surface area (Å²) >= 11 is 0. The number of rotatable bonds is 13. The minimum Gasteiger partial charge on any atom is -0.461 e. The molecule has 5 saturated carbocycles. The monoisotopic (exact) mass is 1160 g/mol. The smallest absolute Gasteiger partial charge is 0.306 e.